The van der Waals surface area contributed by atoms with Gasteiger partial charge < -0.3 is 9.80 Å². The third-order valence-corrected chi connectivity index (χ3v) is 8.73. The minimum absolute atomic E-state index is 0.0636. The van der Waals surface area contributed by atoms with E-state index < -0.39 is 5.41 Å². The molecule has 4 heterocycles. The van der Waals surface area contributed by atoms with Crippen LogP contribution in [0.3, 0.4) is 0 Å². The van der Waals surface area contributed by atoms with E-state index in [1.165, 1.54) is 0 Å². The second kappa shape index (κ2) is 9.34. The van der Waals surface area contributed by atoms with Gasteiger partial charge in [0.05, 0.1) is 33.0 Å². The topological polar surface area (TPSA) is 63.5 Å². The van der Waals surface area contributed by atoms with Crippen LogP contribution in [-0.4, -0.2) is 65.6 Å². The van der Waals surface area contributed by atoms with E-state index >= 15 is 0 Å². The molecule has 5 rings (SSSR count). The van der Waals surface area contributed by atoms with Gasteiger partial charge >= 0.3 is 0 Å². The SMILES string of the molecule is CSN1CCN(C(=O)c2cnc3ccsc3c2N2CCC(C#N)(c3ccccc3)CC2)CC1. The lowest BCUT2D eigenvalue weighted by Crippen LogP contribution is -2.47. The summed E-state index contributed by atoms with van der Waals surface area (Å²) in [6.07, 6.45) is 5.32. The highest BCUT2D eigenvalue weighted by molar-refractivity contribution is 7.96. The van der Waals surface area contributed by atoms with Crippen LogP contribution in [0.25, 0.3) is 10.2 Å². The molecular formula is C25H27N5OS2. The van der Waals surface area contributed by atoms with Gasteiger partial charge in [-0.05, 0) is 36.1 Å². The van der Waals surface area contributed by atoms with Crippen molar-refractivity contribution in [2.75, 3.05) is 50.4 Å². The maximum Gasteiger partial charge on any atom is 0.257 e. The molecule has 3 aromatic rings. The molecular weight excluding hydrogens is 450 g/mol. The molecule has 2 aromatic heterocycles. The van der Waals surface area contributed by atoms with Crippen LogP contribution in [0.1, 0.15) is 28.8 Å². The van der Waals surface area contributed by atoms with Gasteiger partial charge in [0.25, 0.3) is 5.91 Å². The molecule has 0 spiro atoms. The maximum atomic E-state index is 13.6. The molecule has 2 saturated heterocycles. The van der Waals surface area contributed by atoms with Gasteiger partial charge in [-0.25, -0.2) is 4.31 Å². The lowest BCUT2D eigenvalue weighted by molar-refractivity contribution is 0.0704. The number of amides is 1. The van der Waals surface area contributed by atoms with E-state index in [1.807, 2.05) is 34.5 Å². The minimum atomic E-state index is -0.475. The predicted octanol–water partition coefficient (Wildman–Crippen LogP) is 4.39. The van der Waals surface area contributed by atoms with Gasteiger partial charge in [0.1, 0.15) is 0 Å². The molecule has 1 aromatic carbocycles. The number of anilines is 1. The lowest BCUT2D eigenvalue weighted by atomic mass is 9.74. The highest BCUT2D eigenvalue weighted by Crippen LogP contribution is 2.40. The van der Waals surface area contributed by atoms with Crippen molar-refractivity contribution in [3.05, 3.63) is 59.1 Å². The summed E-state index contributed by atoms with van der Waals surface area (Å²) in [5, 5.41) is 12.1. The van der Waals surface area contributed by atoms with Crippen LogP contribution < -0.4 is 4.90 Å². The number of pyridine rings is 1. The third kappa shape index (κ3) is 4.10. The van der Waals surface area contributed by atoms with E-state index in [1.54, 1.807) is 29.5 Å². The number of carbonyl (C=O) groups is 1. The summed E-state index contributed by atoms with van der Waals surface area (Å²) in [5.41, 5.74) is 3.22. The van der Waals surface area contributed by atoms with Crippen LogP contribution in [0, 0.1) is 11.3 Å². The van der Waals surface area contributed by atoms with E-state index in [0.29, 0.717) is 5.56 Å². The van der Waals surface area contributed by atoms with Crippen molar-refractivity contribution in [3.63, 3.8) is 0 Å². The predicted molar refractivity (Wildman–Crippen MR) is 136 cm³/mol. The number of rotatable bonds is 4. The molecule has 0 unspecified atom stereocenters. The molecule has 0 atom stereocenters. The van der Waals surface area contributed by atoms with Crippen LogP contribution in [0.5, 0.6) is 0 Å². The van der Waals surface area contributed by atoms with Crippen molar-refractivity contribution >= 4 is 45.1 Å². The molecule has 0 N–H and O–H groups in total. The van der Waals surface area contributed by atoms with E-state index in [9.17, 15) is 10.1 Å². The molecule has 1 amide bonds. The second-order valence-electron chi connectivity index (χ2n) is 8.61. The lowest BCUT2D eigenvalue weighted by Gasteiger charge is -2.40. The quantitative estimate of drug-likeness (QED) is 0.519. The number of benzene rings is 1. The zero-order valence-electron chi connectivity index (χ0n) is 18.7. The first-order valence-corrected chi connectivity index (χ1v) is 13.4. The zero-order chi connectivity index (χ0) is 22.8. The third-order valence-electron chi connectivity index (χ3n) is 6.94. The first-order chi connectivity index (χ1) is 16.1. The Balaban J connectivity index is 1.44. The van der Waals surface area contributed by atoms with Crippen LogP contribution in [0.15, 0.2) is 48.0 Å². The smallest absolute Gasteiger partial charge is 0.257 e. The fraction of sp³-hybridized carbons (Fsp3) is 0.400. The minimum Gasteiger partial charge on any atom is -0.369 e. The van der Waals surface area contributed by atoms with Crippen LogP contribution in [0.4, 0.5) is 5.69 Å². The summed E-state index contributed by atoms with van der Waals surface area (Å²) in [4.78, 5) is 22.5. The van der Waals surface area contributed by atoms with E-state index in [2.05, 4.69) is 38.6 Å². The standard InChI is InChI=1S/C25H27N5OS2/c1-32-30-14-12-29(13-15-30)24(31)20-17-27-21-7-16-33-23(21)22(20)28-10-8-25(18-26,9-11-28)19-5-3-2-4-6-19/h2-7,16-17H,8-15H2,1H3. The van der Waals surface area contributed by atoms with E-state index in [-0.39, 0.29) is 5.91 Å². The Labute approximate surface area is 202 Å². The molecule has 0 aliphatic carbocycles. The number of nitriles is 1. The summed E-state index contributed by atoms with van der Waals surface area (Å²) < 4.78 is 3.36. The Morgan fingerprint density at radius 2 is 1.82 bits per heavy atom. The summed E-state index contributed by atoms with van der Waals surface area (Å²) in [5.74, 6) is 0.0636. The summed E-state index contributed by atoms with van der Waals surface area (Å²) in [7, 11) is 0. The van der Waals surface area contributed by atoms with Crippen molar-refractivity contribution in [3.8, 4) is 6.07 Å². The number of carbonyl (C=O) groups excluding carboxylic acids is 1. The molecule has 0 bridgehead atoms. The van der Waals surface area contributed by atoms with Crippen LogP contribution >= 0.6 is 23.3 Å². The molecule has 6 nitrogen and oxygen atoms in total. The zero-order valence-corrected chi connectivity index (χ0v) is 20.4. The van der Waals surface area contributed by atoms with E-state index in [0.717, 1.165) is 73.6 Å². The van der Waals surface area contributed by atoms with Crippen molar-refractivity contribution in [2.45, 2.75) is 18.3 Å². The molecule has 0 saturated carbocycles. The average molecular weight is 478 g/mol. The van der Waals surface area contributed by atoms with Crippen molar-refractivity contribution in [2.24, 2.45) is 0 Å². The number of nitrogens with zero attached hydrogens (tertiary/aromatic N) is 5. The fourth-order valence-corrected chi connectivity index (χ4v) is 6.40. The van der Waals surface area contributed by atoms with Crippen molar-refractivity contribution in [1.29, 1.82) is 5.26 Å². The first kappa shape index (κ1) is 22.2. The highest BCUT2D eigenvalue weighted by Gasteiger charge is 2.38. The van der Waals surface area contributed by atoms with Gasteiger partial charge in [-0.3, -0.25) is 9.78 Å². The van der Waals surface area contributed by atoms with Crippen molar-refractivity contribution in [1.82, 2.24) is 14.2 Å². The molecule has 2 fully saturated rings. The summed E-state index contributed by atoms with van der Waals surface area (Å²) in [6, 6.07) is 14.8. The summed E-state index contributed by atoms with van der Waals surface area (Å²) >= 11 is 3.37. The number of hydrogen-bond acceptors (Lipinski definition) is 7. The van der Waals surface area contributed by atoms with Gasteiger partial charge in [-0.1, -0.05) is 42.3 Å². The molecule has 2 aliphatic heterocycles. The Kier molecular flexibility index (Phi) is 6.28. The average Bonchev–Trinajstić information content (AvgIpc) is 3.37. The Morgan fingerprint density at radius 1 is 1.09 bits per heavy atom. The Bertz CT molecular complexity index is 1170. The Morgan fingerprint density at radius 3 is 2.48 bits per heavy atom. The van der Waals surface area contributed by atoms with Gasteiger partial charge in [0, 0.05) is 45.5 Å². The number of aromatic nitrogens is 1. The number of piperidine rings is 1. The molecule has 33 heavy (non-hydrogen) atoms. The van der Waals surface area contributed by atoms with Crippen LogP contribution in [-0.2, 0) is 5.41 Å². The van der Waals surface area contributed by atoms with Crippen LogP contribution in [0.2, 0.25) is 0 Å². The Hall–Kier alpha value is -2.60. The van der Waals surface area contributed by atoms with E-state index in [4.69, 9.17) is 0 Å². The molecule has 0 radical (unpaired) electrons. The molecule has 2 aliphatic rings. The maximum absolute atomic E-state index is 13.6. The number of hydrogen-bond donors (Lipinski definition) is 0. The van der Waals surface area contributed by atoms with Gasteiger partial charge in [-0.2, -0.15) is 5.26 Å². The number of thiophene rings is 1. The fourth-order valence-electron chi connectivity index (χ4n) is 4.95. The first-order valence-electron chi connectivity index (χ1n) is 11.3. The van der Waals surface area contributed by atoms with Gasteiger partial charge in [-0.15, -0.1) is 11.3 Å². The normalized spacial score (nSPS) is 18.9. The molecule has 170 valence electrons. The monoisotopic (exact) mass is 477 g/mol. The number of piperazine rings is 1. The second-order valence-corrected chi connectivity index (χ2v) is 10.4. The molecule has 8 heteroatoms. The van der Waals surface area contributed by atoms with Crippen molar-refractivity contribution < 1.29 is 4.79 Å². The number of fused-ring (bicyclic) bond motifs is 1. The largest absolute Gasteiger partial charge is 0.369 e. The van der Waals surface area contributed by atoms with Gasteiger partial charge in [0.2, 0.25) is 0 Å². The van der Waals surface area contributed by atoms with Gasteiger partial charge in [0.15, 0.2) is 0 Å². The highest BCUT2D eigenvalue weighted by atomic mass is 32.2. The summed E-state index contributed by atoms with van der Waals surface area (Å²) in [6.45, 7) is 4.69.